The molecule has 25 heavy (non-hydrogen) atoms. The van der Waals surface area contributed by atoms with Crippen LogP contribution in [0, 0.1) is 0 Å². The van der Waals surface area contributed by atoms with E-state index in [9.17, 15) is 4.79 Å². The average Bonchev–Trinajstić information content (AvgIpc) is 3.04. The summed E-state index contributed by atoms with van der Waals surface area (Å²) in [6, 6.07) is 13.8. The van der Waals surface area contributed by atoms with Crippen molar-refractivity contribution in [2.45, 2.75) is 38.3 Å². The first-order chi connectivity index (χ1) is 12.3. The molecule has 2 aromatic rings. The number of amides is 2. The van der Waals surface area contributed by atoms with Crippen molar-refractivity contribution in [3.05, 3.63) is 60.1 Å². The lowest BCUT2D eigenvalue weighted by Crippen LogP contribution is -2.42. The molecule has 5 heteroatoms. The number of rotatable bonds is 6. The van der Waals surface area contributed by atoms with Gasteiger partial charge in [0.05, 0.1) is 12.3 Å². The molecule has 1 atom stereocenters. The number of carbonyl (C=O) groups excluding carboxylic acids is 1. The molecule has 2 amide bonds. The Bertz CT molecular complexity index is 620. The molecule has 2 heterocycles. The topological polar surface area (TPSA) is 57.5 Å². The van der Waals surface area contributed by atoms with E-state index >= 15 is 0 Å². The lowest BCUT2D eigenvalue weighted by Gasteiger charge is -2.29. The zero-order chi connectivity index (χ0) is 17.3. The Morgan fingerprint density at radius 1 is 1.00 bits per heavy atom. The van der Waals surface area contributed by atoms with Crippen molar-refractivity contribution in [1.82, 2.24) is 15.5 Å². The van der Waals surface area contributed by atoms with Crippen molar-refractivity contribution in [2.24, 2.45) is 0 Å². The molecule has 1 fully saturated rings. The fraction of sp³-hybridized carbons (Fsp3) is 0.450. The number of urea groups is 1. The second-order valence-electron chi connectivity index (χ2n) is 6.53. The lowest BCUT2D eigenvalue weighted by molar-refractivity contribution is 0.175. The van der Waals surface area contributed by atoms with Crippen LogP contribution in [0.1, 0.15) is 43.0 Å². The van der Waals surface area contributed by atoms with Crippen LogP contribution < -0.4 is 10.6 Å². The van der Waals surface area contributed by atoms with Gasteiger partial charge >= 0.3 is 6.03 Å². The number of nitrogens with zero attached hydrogens (tertiary/aromatic N) is 1. The van der Waals surface area contributed by atoms with Gasteiger partial charge in [0.15, 0.2) is 0 Å². The third kappa shape index (κ3) is 5.36. The van der Waals surface area contributed by atoms with Crippen molar-refractivity contribution in [1.29, 1.82) is 0 Å². The minimum Gasteiger partial charge on any atom is -0.468 e. The Balaban J connectivity index is 1.54. The summed E-state index contributed by atoms with van der Waals surface area (Å²) < 4.78 is 5.64. The smallest absolute Gasteiger partial charge is 0.315 e. The summed E-state index contributed by atoms with van der Waals surface area (Å²) in [4.78, 5) is 14.6. The van der Waals surface area contributed by atoms with E-state index in [0.29, 0.717) is 13.1 Å². The van der Waals surface area contributed by atoms with Gasteiger partial charge in [0.25, 0.3) is 0 Å². The maximum atomic E-state index is 12.2. The minimum atomic E-state index is -0.143. The third-order valence-electron chi connectivity index (χ3n) is 4.70. The number of benzene rings is 1. The number of hydrogen-bond acceptors (Lipinski definition) is 3. The van der Waals surface area contributed by atoms with Gasteiger partial charge in [-0.2, -0.15) is 0 Å². The van der Waals surface area contributed by atoms with Gasteiger partial charge in [0.2, 0.25) is 0 Å². The molecule has 1 aromatic carbocycles. The molecule has 1 aliphatic rings. The molecule has 1 aliphatic heterocycles. The van der Waals surface area contributed by atoms with Gasteiger partial charge in [0, 0.05) is 13.1 Å². The van der Waals surface area contributed by atoms with Crippen molar-refractivity contribution >= 4 is 6.03 Å². The van der Waals surface area contributed by atoms with Crippen molar-refractivity contribution in [2.75, 3.05) is 19.6 Å². The molecule has 0 radical (unpaired) electrons. The molecule has 0 spiro atoms. The zero-order valence-corrected chi connectivity index (χ0v) is 14.6. The maximum absolute atomic E-state index is 12.2. The van der Waals surface area contributed by atoms with E-state index in [1.807, 2.05) is 42.5 Å². The molecule has 3 rings (SSSR count). The van der Waals surface area contributed by atoms with E-state index in [4.69, 9.17) is 4.42 Å². The number of likely N-dealkylation sites (tertiary alicyclic amines) is 1. The molecule has 1 saturated heterocycles. The molecular weight excluding hydrogens is 314 g/mol. The Labute approximate surface area is 149 Å². The Morgan fingerprint density at radius 2 is 1.76 bits per heavy atom. The van der Waals surface area contributed by atoms with Gasteiger partial charge in [-0.1, -0.05) is 43.2 Å². The normalized spacial score (nSPS) is 16.8. The predicted octanol–water partition coefficient (Wildman–Crippen LogP) is 3.70. The highest BCUT2D eigenvalue weighted by Crippen LogP contribution is 2.24. The molecule has 0 bridgehead atoms. The number of carbonyl (C=O) groups is 1. The Kier molecular flexibility index (Phi) is 6.51. The fourth-order valence-corrected chi connectivity index (χ4v) is 3.33. The van der Waals surface area contributed by atoms with Crippen LogP contribution in [-0.2, 0) is 6.54 Å². The minimum absolute atomic E-state index is 0.0931. The predicted molar refractivity (Wildman–Crippen MR) is 98.2 cm³/mol. The highest BCUT2D eigenvalue weighted by atomic mass is 16.3. The van der Waals surface area contributed by atoms with E-state index in [-0.39, 0.29) is 12.1 Å². The maximum Gasteiger partial charge on any atom is 0.315 e. The van der Waals surface area contributed by atoms with E-state index in [1.165, 1.54) is 25.7 Å². The lowest BCUT2D eigenvalue weighted by atomic mass is 10.1. The summed E-state index contributed by atoms with van der Waals surface area (Å²) in [5.41, 5.74) is 1.09. The van der Waals surface area contributed by atoms with Crippen LogP contribution >= 0.6 is 0 Å². The van der Waals surface area contributed by atoms with E-state index in [1.54, 1.807) is 6.26 Å². The zero-order valence-electron chi connectivity index (χ0n) is 14.6. The van der Waals surface area contributed by atoms with Gasteiger partial charge in [-0.05, 0) is 43.6 Å². The quantitative estimate of drug-likeness (QED) is 0.842. The number of furan rings is 1. The van der Waals surface area contributed by atoms with Crippen LogP contribution in [0.25, 0.3) is 0 Å². The van der Waals surface area contributed by atoms with Crippen LogP contribution in [0.4, 0.5) is 4.79 Å². The van der Waals surface area contributed by atoms with Gasteiger partial charge < -0.3 is 15.1 Å². The van der Waals surface area contributed by atoms with Gasteiger partial charge in [-0.25, -0.2) is 4.79 Å². The fourth-order valence-electron chi connectivity index (χ4n) is 3.33. The van der Waals surface area contributed by atoms with Gasteiger partial charge in [-0.3, -0.25) is 4.90 Å². The second kappa shape index (κ2) is 9.28. The molecule has 134 valence electrons. The van der Waals surface area contributed by atoms with Crippen molar-refractivity contribution < 1.29 is 9.21 Å². The summed E-state index contributed by atoms with van der Waals surface area (Å²) >= 11 is 0. The first-order valence-corrected chi connectivity index (χ1v) is 9.16. The summed E-state index contributed by atoms with van der Waals surface area (Å²) in [6.07, 6.45) is 6.68. The van der Waals surface area contributed by atoms with Crippen LogP contribution in [0.2, 0.25) is 0 Å². The Hall–Kier alpha value is -2.27. The summed E-state index contributed by atoms with van der Waals surface area (Å²) in [6.45, 7) is 3.19. The third-order valence-corrected chi connectivity index (χ3v) is 4.70. The summed E-state index contributed by atoms with van der Waals surface area (Å²) in [5, 5.41) is 5.92. The standard InChI is InChI=1S/C20H27N3O2/c24-20(21-15-17-9-4-3-5-10-17)22-16-18(19-11-8-14-25-19)23-12-6-1-2-7-13-23/h3-5,8-11,14,18H,1-2,6-7,12-13,15-16H2,(H2,21,22,24). The summed E-state index contributed by atoms with van der Waals surface area (Å²) in [7, 11) is 0. The molecule has 0 saturated carbocycles. The number of nitrogens with one attached hydrogen (secondary N) is 2. The van der Waals surface area contributed by atoms with E-state index in [0.717, 1.165) is 24.4 Å². The van der Waals surface area contributed by atoms with Crippen LogP contribution in [0.15, 0.2) is 53.1 Å². The molecule has 5 nitrogen and oxygen atoms in total. The van der Waals surface area contributed by atoms with Crippen molar-refractivity contribution in [3.8, 4) is 0 Å². The number of hydrogen-bond donors (Lipinski definition) is 2. The van der Waals surface area contributed by atoms with Crippen LogP contribution in [0.5, 0.6) is 0 Å². The van der Waals surface area contributed by atoms with E-state index in [2.05, 4.69) is 15.5 Å². The first-order valence-electron chi connectivity index (χ1n) is 9.16. The molecule has 2 N–H and O–H groups in total. The van der Waals surface area contributed by atoms with Gasteiger partial charge in [-0.15, -0.1) is 0 Å². The van der Waals surface area contributed by atoms with Crippen molar-refractivity contribution in [3.63, 3.8) is 0 Å². The first kappa shape index (κ1) is 17.5. The average molecular weight is 341 g/mol. The molecular formula is C20H27N3O2. The summed E-state index contributed by atoms with van der Waals surface area (Å²) in [5.74, 6) is 0.922. The molecule has 1 aromatic heterocycles. The van der Waals surface area contributed by atoms with Gasteiger partial charge in [0.1, 0.15) is 5.76 Å². The largest absolute Gasteiger partial charge is 0.468 e. The monoisotopic (exact) mass is 341 g/mol. The molecule has 1 unspecified atom stereocenters. The van der Waals surface area contributed by atoms with Crippen LogP contribution in [-0.4, -0.2) is 30.6 Å². The van der Waals surface area contributed by atoms with Crippen LogP contribution in [0.3, 0.4) is 0 Å². The Morgan fingerprint density at radius 3 is 2.44 bits per heavy atom. The SMILES string of the molecule is O=C(NCc1ccccc1)NCC(c1ccco1)N1CCCCCC1. The molecule has 0 aliphatic carbocycles. The van der Waals surface area contributed by atoms with E-state index < -0.39 is 0 Å². The second-order valence-corrected chi connectivity index (χ2v) is 6.53. The highest BCUT2D eigenvalue weighted by molar-refractivity contribution is 5.73. The highest BCUT2D eigenvalue weighted by Gasteiger charge is 2.24.